The number of sulfone groups is 1. The smallest absolute Gasteiger partial charge is 0.338 e. The van der Waals surface area contributed by atoms with E-state index in [2.05, 4.69) is 5.32 Å². The lowest BCUT2D eigenvalue weighted by Gasteiger charge is -2.25. The summed E-state index contributed by atoms with van der Waals surface area (Å²) in [5.41, 5.74) is 1.89. The predicted molar refractivity (Wildman–Crippen MR) is 80.5 cm³/mol. The first-order valence-corrected chi connectivity index (χ1v) is 8.87. The molecule has 0 saturated carbocycles. The zero-order chi connectivity index (χ0) is 15.6. The quantitative estimate of drug-likeness (QED) is 0.859. The van der Waals surface area contributed by atoms with Gasteiger partial charge in [-0.15, -0.1) is 0 Å². The van der Waals surface area contributed by atoms with Crippen molar-refractivity contribution in [1.82, 2.24) is 5.32 Å². The molecule has 1 fully saturated rings. The number of carbonyl (C=O) groups is 1. The van der Waals surface area contributed by atoms with Crippen LogP contribution < -0.4 is 5.32 Å². The summed E-state index contributed by atoms with van der Waals surface area (Å²) in [5, 5.41) is 3.27. The van der Waals surface area contributed by atoms with Gasteiger partial charge in [0, 0.05) is 6.26 Å². The van der Waals surface area contributed by atoms with Crippen molar-refractivity contribution < 1.29 is 17.9 Å². The van der Waals surface area contributed by atoms with Gasteiger partial charge in [-0.25, -0.2) is 13.2 Å². The molecule has 1 N–H and O–H groups in total. The topological polar surface area (TPSA) is 72.5 Å². The Morgan fingerprint density at radius 1 is 1.29 bits per heavy atom. The summed E-state index contributed by atoms with van der Waals surface area (Å²) >= 11 is 0. The van der Waals surface area contributed by atoms with Crippen molar-refractivity contribution in [2.24, 2.45) is 0 Å². The second-order valence-corrected chi connectivity index (χ2v) is 7.48. The van der Waals surface area contributed by atoms with Gasteiger partial charge in [0.15, 0.2) is 9.84 Å². The molecule has 5 nitrogen and oxygen atoms in total. The fourth-order valence-electron chi connectivity index (χ4n) is 2.81. The standard InChI is InChI=1S/C15H21NO4S/c1-10-8-13(11-4-6-16-7-5-11)14(21(3,18)19)9-12(10)15(17)20-2/h8-9,11,16H,4-7H2,1-3H3. The van der Waals surface area contributed by atoms with Gasteiger partial charge < -0.3 is 10.1 Å². The van der Waals surface area contributed by atoms with Gasteiger partial charge in [0.1, 0.15) is 0 Å². The van der Waals surface area contributed by atoms with Gasteiger partial charge in [-0.2, -0.15) is 0 Å². The molecule has 116 valence electrons. The average molecular weight is 311 g/mol. The molecule has 1 aliphatic heterocycles. The summed E-state index contributed by atoms with van der Waals surface area (Å²) in [6, 6.07) is 3.30. The molecule has 0 amide bonds. The minimum Gasteiger partial charge on any atom is -0.465 e. The van der Waals surface area contributed by atoms with E-state index in [1.807, 2.05) is 13.0 Å². The Morgan fingerprint density at radius 3 is 2.43 bits per heavy atom. The number of esters is 1. The molecule has 0 atom stereocenters. The number of ether oxygens (including phenoxy) is 1. The molecule has 0 aromatic heterocycles. The van der Waals surface area contributed by atoms with E-state index in [1.54, 1.807) is 0 Å². The molecule has 0 spiro atoms. The van der Waals surface area contributed by atoms with Crippen molar-refractivity contribution >= 4 is 15.8 Å². The third-order valence-corrected chi connectivity index (χ3v) is 5.09. The van der Waals surface area contributed by atoms with Crippen molar-refractivity contribution in [2.45, 2.75) is 30.6 Å². The molecule has 1 aromatic carbocycles. The second-order valence-electron chi connectivity index (χ2n) is 5.49. The van der Waals surface area contributed by atoms with E-state index in [0.717, 1.165) is 37.1 Å². The lowest BCUT2D eigenvalue weighted by atomic mass is 9.88. The van der Waals surface area contributed by atoms with Crippen LogP contribution in [0, 0.1) is 6.92 Å². The molecular weight excluding hydrogens is 290 g/mol. The summed E-state index contributed by atoms with van der Waals surface area (Å²) in [5.74, 6) is -0.296. The predicted octanol–water partition coefficient (Wildman–Crippen LogP) is 1.65. The zero-order valence-electron chi connectivity index (χ0n) is 12.6. The highest BCUT2D eigenvalue weighted by molar-refractivity contribution is 7.90. The van der Waals surface area contributed by atoms with Gasteiger partial charge in [0.25, 0.3) is 0 Å². The Labute approximate surface area is 125 Å². The number of hydrogen-bond acceptors (Lipinski definition) is 5. The van der Waals surface area contributed by atoms with Crippen molar-refractivity contribution in [3.8, 4) is 0 Å². The fraction of sp³-hybridized carbons (Fsp3) is 0.533. The first-order valence-electron chi connectivity index (χ1n) is 6.98. The molecule has 2 rings (SSSR count). The van der Waals surface area contributed by atoms with Gasteiger partial charge >= 0.3 is 5.97 Å². The molecule has 0 unspecified atom stereocenters. The van der Waals surface area contributed by atoms with E-state index in [4.69, 9.17) is 4.74 Å². The SMILES string of the molecule is COC(=O)c1cc(S(C)(=O)=O)c(C2CCNCC2)cc1C. The summed E-state index contributed by atoms with van der Waals surface area (Å²) in [6.45, 7) is 3.57. The van der Waals surface area contributed by atoms with Gasteiger partial charge in [-0.05, 0) is 56.0 Å². The highest BCUT2D eigenvalue weighted by Gasteiger charge is 2.25. The lowest BCUT2D eigenvalue weighted by Crippen LogP contribution is -2.27. The number of aryl methyl sites for hydroxylation is 1. The lowest BCUT2D eigenvalue weighted by molar-refractivity contribution is 0.0599. The molecule has 0 bridgehead atoms. The number of piperidine rings is 1. The van der Waals surface area contributed by atoms with E-state index < -0.39 is 15.8 Å². The van der Waals surface area contributed by atoms with E-state index >= 15 is 0 Å². The minimum absolute atomic E-state index is 0.210. The number of benzene rings is 1. The molecule has 1 aromatic rings. The Bertz CT molecular complexity index is 646. The molecule has 6 heteroatoms. The van der Waals surface area contributed by atoms with Gasteiger partial charge in [-0.3, -0.25) is 0 Å². The number of carbonyl (C=O) groups excluding carboxylic acids is 1. The van der Waals surface area contributed by atoms with Crippen LogP contribution in [-0.2, 0) is 14.6 Å². The maximum atomic E-state index is 12.1. The Balaban J connectivity index is 2.58. The van der Waals surface area contributed by atoms with Gasteiger partial charge in [0.05, 0.1) is 17.6 Å². The van der Waals surface area contributed by atoms with Crippen molar-refractivity contribution in [1.29, 1.82) is 0 Å². The van der Waals surface area contributed by atoms with E-state index in [0.29, 0.717) is 5.56 Å². The van der Waals surface area contributed by atoms with Crippen LogP contribution in [0.2, 0.25) is 0 Å². The van der Waals surface area contributed by atoms with Gasteiger partial charge in [-0.1, -0.05) is 6.07 Å². The first-order chi connectivity index (χ1) is 9.84. The first kappa shape index (κ1) is 16.0. The molecule has 21 heavy (non-hydrogen) atoms. The van der Waals surface area contributed by atoms with E-state index in [-0.39, 0.29) is 10.8 Å². The van der Waals surface area contributed by atoms with Crippen LogP contribution in [0.1, 0.15) is 40.2 Å². The number of rotatable bonds is 3. The Kier molecular flexibility index (Phi) is 4.68. The van der Waals surface area contributed by atoms with Crippen LogP contribution >= 0.6 is 0 Å². The van der Waals surface area contributed by atoms with Crippen molar-refractivity contribution in [3.63, 3.8) is 0 Å². The zero-order valence-corrected chi connectivity index (χ0v) is 13.4. The largest absolute Gasteiger partial charge is 0.465 e. The summed E-state index contributed by atoms with van der Waals surface area (Å²) in [4.78, 5) is 12.0. The van der Waals surface area contributed by atoms with Crippen molar-refractivity contribution in [3.05, 3.63) is 28.8 Å². The Hall–Kier alpha value is -1.40. The average Bonchev–Trinajstić information content (AvgIpc) is 2.46. The van der Waals surface area contributed by atoms with Gasteiger partial charge in [0.2, 0.25) is 0 Å². The second kappa shape index (κ2) is 6.15. The summed E-state index contributed by atoms with van der Waals surface area (Å²) < 4.78 is 28.9. The monoisotopic (exact) mass is 311 g/mol. The highest BCUT2D eigenvalue weighted by atomic mass is 32.2. The number of hydrogen-bond donors (Lipinski definition) is 1. The number of nitrogens with one attached hydrogen (secondary N) is 1. The molecule has 0 radical (unpaired) electrons. The van der Waals surface area contributed by atoms with Crippen LogP contribution in [0.3, 0.4) is 0 Å². The molecule has 0 aliphatic carbocycles. The third-order valence-electron chi connectivity index (χ3n) is 3.94. The van der Waals surface area contributed by atoms with E-state index in [1.165, 1.54) is 19.4 Å². The maximum Gasteiger partial charge on any atom is 0.338 e. The highest BCUT2D eigenvalue weighted by Crippen LogP contribution is 2.33. The molecule has 1 aliphatic rings. The fourth-order valence-corrected chi connectivity index (χ4v) is 3.80. The third kappa shape index (κ3) is 3.44. The minimum atomic E-state index is -3.39. The Morgan fingerprint density at radius 2 is 1.90 bits per heavy atom. The van der Waals surface area contributed by atoms with Crippen LogP contribution in [-0.4, -0.2) is 40.8 Å². The van der Waals surface area contributed by atoms with Crippen molar-refractivity contribution in [2.75, 3.05) is 26.5 Å². The maximum absolute atomic E-state index is 12.1. The van der Waals surface area contributed by atoms with Crippen LogP contribution in [0.5, 0.6) is 0 Å². The van der Waals surface area contributed by atoms with Crippen LogP contribution in [0.25, 0.3) is 0 Å². The normalized spacial score (nSPS) is 16.7. The molecular formula is C15H21NO4S. The van der Waals surface area contributed by atoms with Crippen LogP contribution in [0.15, 0.2) is 17.0 Å². The summed E-state index contributed by atoms with van der Waals surface area (Å²) in [6.07, 6.45) is 2.99. The molecule has 1 saturated heterocycles. The van der Waals surface area contributed by atoms with E-state index in [9.17, 15) is 13.2 Å². The summed E-state index contributed by atoms with van der Waals surface area (Å²) in [7, 11) is -2.10. The molecule has 1 heterocycles. The number of methoxy groups -OCH3 is 1. The van der Waals surface area contributed by atoms with Crippen LogP contribution in [0.4, 0.5) is 0 Å².